The molecule has 1 aromatic heterocycles. The van der Waals surface area contributed by atoms with Crippen molar-refractivity contribution in [2.75, 3.05) is 5.73 Å². The van der Waals surface area contributed by atoms with Crippen LogP contribution in [-0.2, 0) is 13.2 Å². The van der Waals surface area contributed by atoms with Gasteiger partial charge in [0.15, 0.2) is 0 Å². The summed E-state index contributed by atoms with van der Waals surface area (Å²) in [4.78, 5) is 3.65. The van der Waals surface area contributed by atoms with Crippen LogP contribution in [0.15, 0.2) is 6.07 Å². The molecule has 0 bridgehead atoms. The third-order valence-electron chi connectivity index (χ3n) is 1.86. The molecule has 0 saturated carbocycles. The molecule has 78 valence electrons. The maximum atomic E-state index is 12.4. The molecule has 1 rings (SSSR count). The van der Waals surface area contributed by atoms with Crippen molar-refractivity contribution in [3.8, 4) is 0 Å². The summed E-state index contributed by atoms with van der Waals surface area (Å²) in [6, 6.07) is 1.18. The van der Waals surface area contributed by atoms with Gasteiger partial charge in [0.2, 0.25) is 0 Å². The SMILES string of the molecule is NCc1cc(C(F)F)c(N)nc1CO. The first-order chi connectivity index (χ1) is 6.60. The molecule has 5 N–H and O–H groups in total. The fraction of sp³-hybridized carbons (Fsp3) is 0.375. The lowest BCUT2D eigenvalue weighted by Gasteiger charge is -2.09. The number of nitrogens with zero attached hydrogens (tertiary/aromatic N) is 1. The van der Waals surface area contributed by atoms with Gasteiger partial charge >= 0.3 is 0 Å². The second kappa shape index (κ2) is 4.30. The van der Waals surface area contributed by atoms with Crippen LogP contribution in [0, 0.1) is 0 Å². The van der Waals surface area contributed by atoms with Gasteiger partial charge in [-0.2, -0.15) is 0 Å². The van der Waals surface area contributed by atoms with E-state index in [1.165, 1.54) is 6.07 Å². The van der Waals surface area contributed by atoms with Crippen LogP contribution < -0.4 is 11.5 Å². The molecule has 0 saturated heterocycles. The number of rotatable bonds is 3. The number of nitrogens with two attached hydrogens (primary N) is 2. The number of hydrogen-bond donors (Lipinski definition) is 3. The number of hydrogen-bond acceptors (Lipinski definition) is 4. The molecule has 0 fully saturated rings. The maximum Gasteiger partial charge on any atom is 0.267 e. The Bertz CT molecular complexity index is 331. The molecule has 14 heavy (non-hydrogen) atoms. The molecule has 0 aliphatic heterocycles. The van der Waals surface area contributed by atoms with Crippen molar-refractivity contribution in [3.05, 3.63) is 22.9 Å². The van der Waals surface area contributed by atoms with Crippen molar-refractivity contribution in [3.63, 3.8) is 0 Å². The number of aromatic nitrogens is 1. The highest BCUT2D eigenvalue weighted by atomic mass is 19.3. The van der Waals surface area contributed by atoms with Gasteiger partial charge in [-0.3, -0.25) is 0 Å². The van der Waals surface area contributed by atoms with Gasteiger partial charge in [-0.05, 0) is 11.6 Å². The Morgan fingerprint density at radius 2 is 2.14 bits per heavy atom. The second-order valence-electron chi connectivity index (χ2n) is 2.73. The quantitative estimate of drug-likeness (QED) is 0.669. The van der Waals surface area contributed by atoms with Gasteiger partial charge < -0.3 is 16.6 Å². The first kappa shape index (κ1) is 10.8. The van der Waals surface area contributed by atoms with E-state index in [9.17, 15) is 8.78 Å². The van der Waals surface area contributed by atoms with Gasteiger partial charge in [-0.1, -0.05) is 0 Å². The topological polar surface area (TPSA) is 85.2 Å². The van der Waals surface area contributed by atoms with Crippen molar-refractivity contribution >= 4 is 5.82 Å². The summed E-state index contributed by atoms with van der Waals surface area (Å²) in [7, 11) is 0. The summed E-state index contributed by atoms with van der Waals surface area (Å²) >= 11 is 0. The lowest BCUT2D eigenvalue weighted by atomic mass is 10.1. The molecular formula is C8H11F2N3O. The van der Waals surface area contributed by atoms with E-state index in [0.717, 1.165) is 0 Å². The highest BCUT2D eigenvalue weighted by Crippen LogP contribution is 2.25. The molecule has 0 unspecified atom stereocenters. The average Bonchev–Trinajstić information content (AvgIpc) is 2.16. The minimum atomic E-state index is -2.68. The average molecular weight is 203 g/mol. The smallest absolute Gasteiger partial charge is 0.267 e. The zero-order chi connectivity index (χ0) is 10.7. The Morgan fingerprint density at radius 1 is 1.50 bits per heavy atom. The molecule has 0 spiro atoms. The van der Waals surface area contributed by atoms with Crippen molar-refractivity contribution in [2.45, 2.75) is 19.6 Å². The van der Waals surface area contributed by atoms with Gasteiger partial charge in [-0.25, -0.2) is 13.8 Å². The molecule has 6 heteroatoms. The van der Waals surface area contributed by atoms with E-state index < -0.39 is 6.43 Å². The highest BCUT2D eigenvalue weighted by Gasteiger charge is 2.15. The number of halogens is 2. The monoisotopic (exact) mass is 203 g/mol. The maximum absolute atomic E-state index is 12.4. The molecule has 0 aliphatic rings. The van der Waals surface area contributed by atoms with Crippen LogP contribution in [0.4, 0.5) is 14.6 Å². The lowest BCUT2D eigenvalue weighted by Crippen LogP contribution is -2.09. The number of anilines is 1. The molecule has 0 aliphatic carbocycles. The number of aliphatic hydroxyl groups is 1. The summed E-state index contributed by atoms with van der Waals surface area (Å²) in [6.45, 7) is -0.316. The van der Waals surface area contributed by atoms with Gasteiger partial charge in [0.25, 0.3) is 6.43 Å². The van der Waals surface area contributed by atoms with Crippen molar-refractivity contribution in [2.24, 2.45) is 5.73 Å². The molecule has 0 atom stereocenters. The Kier molecular flexibility index (Phi) is 3.32. The largest absolute Gasteiger partial charge is 0.390 e. The van der Waals surface area contributed by atoms with E-state index in [-0.39, 0.29) is 30.2 Å². The zero-order valence-corrected chi connectivity index (χ0v) is 7.37. The number of nitrogen functional groups attached to an aromatic ring is 1. The number of pyridine rings is 1. The van der Waals surface area contributed by atoms with E-state index in [0.29, 0.717) is 5.56 Å². The molecule has 1 heterocycles. The molecule has 4 nitrogen and oxygen atoms in total. The summed E-state index contributed by atoms with van der Waals surface area (Å²) in [5, 5.41) is 8.84. The van der Waals surface area contributed by atoms with Gasteiger partial charge in [0, 0.05) is 6.54 Å². The Balaban J connectivity index is 3.23. The first-order valence-electron chi connectivity index (χ1n) is 3.97. The van der Waals surface area contributed by atoms with E-state index in [4.69, 9.17) is 16.6 Å². The van der Waals surface area contributed by atoms with Crippen LogP contribution >= 0.6 is 0 Å². The van der Waals surface area contributed by atoms with Gasteiger partial charge in [0.05, 0.1) is 17.9 Å². The Labute approximate surface area is 79.6 Å². The number of aliphatic hydroxyl groups excluding tert-OH is 1. The van der Waals surface area contributed by atoms with E-state index in [1.54, 1.807) is 0 Å². The summed E-state index contributed by atoms with van der Waals surface area (Å²) in [6.07, 6.45) is -2.68. The standard InChI is InChI=1S/C8H11F2N3O/c9-7(10)5-1-4(2-11)6(3-14)13-8(5)12/h1,7,14H,2-3,11H2,(H2,12,13). The number of alkyl halides is 2. The van der Waals surface area contributed by atoms with E-state index in [1.807, 2.05) is 0 Å². The van der Waals surface area contributed by atoms with Crippen molar-refractivity contribution < 1.29 is 13.9 Å². The summed E-state index contributed by atoms with van der Waals surface area (Å²) in [5.41, 5.74) is 10.9. The predicted molar refractivity (Wildman–Crippen MR) is 47.4 cm³/mol. The Hall–Kier alpha value is -1.27. The third-order valence-corrected chi connectivity index (χ3v) is 1.86. The normalized spacial score (nSPS) is 10.9. The van der Waals surface area contributed by atoms with Crippen molar-refractivity contribution in [1.29, 1.82) is 0 Å². The van der Waals surface area contributed by atoms with E-state index in [2.05, 4.69) is 4.98 Å². The molecule has 0 radical (unpaired) electrons. The van der Waals surface area contributed by atoms with Crippen LogP contribution in [0.1, 0.15) is 23.2 Å². The predicted octanol–water partition coefficient (Wildman–Crippen LogP) is 0.552. The van der Waals surface area contributed by atoms with Gasteiger partial charge in [-0.15, -0.1) is 0 Å². The minimum absolute atomic E-state index is 0.0445. The lowest BCUT2D eigenvalue weighted by molar-refractivity contribution is 0.151. The zero-order valence-electron chi connectivity index (χ0n) is 7.37. The molecule has 0 aromatic carbocycles. The van der Waals surface area contributed by atoms with Crippen LogP contribution in [0.5, 0.6) is 0 Å². The second-order valence-corrected chi connectivity index (χ2v) is 2.73. The third kappa shape index (κ3) is 1.97. The van der Waals surface area contributed by atoms with Crippen LogP contribution in [0.2, 0.25) is 0 Å². The van der Waals surface area contributed by atoms with Crippen LogP contribution in [-0.4, -0.2) is 10.1 Å². The molecular weight excluding hydrogens is 192 g/mol. The van der Waals surface area contributed by atoms with Crippen LogP contribution in [0.25, 0.3) is 0 Å². The van der Waals surface area contributed by atoms with Gasteiger partial charge in [0.1, 0.15) is 5.82 Å². The van der Waals surface area contributed by atoms with Crippen molar-refractivity contribution in [1.82, 2.24) is 4.98 Å². The minimum Gasteiger partial charge on any atom is -0.390 e. The fourth-order valence-electron chi connectivity index (χ4n) is 1.12. The fourth-order valence-corrected chi connectivity index (χ4v) is 1.12. The Morgan fingerprint density at radius 3 is 2.57 bits per heavy atom. The highest BCUT2D eigenvalue weighted by molar-refractivity contribution is 5.44. The molecule has 1 aromatic rings. The summed E-state index contributed by atoms with van der Waals surface area (Å²) < 4.78 is 24.7. The summed E-state index contributed by atoms with van der Waals surface area (Å²) in [5.74, 6) is -0.263. The molecule has 0 amide bonds. The van der Waals surface area contributed by atoms with Crippen LogP contribution in [0.3, 0.4) is 0 Å². The first-order valence-corrected chi connectivity index (χ1v) is 3.97. The van der Waals surface area contributed by atoms with E-state index >= 15 is 0 Å².